The Hall–Kier alpha value is -1.50. The van der Waals surface area contributed by atoms with Gasteiger partial charge in [-0.05, 0) is 43.5 Å². The van der Waals surface area contributed by atoms with E-state index < -0.39 is 0 Å². The summed E-state index contributed by atoms with van der Waals surface area (Å²) in [5.41, 5.74) is 3.81. The first-order chi connectivity index (χ1) is 14.3. The summed E-state index contributed by atoms with van der Waals surface area (Å²) in [7, 11) is 0. The van der Waals surface area contributed by atoms with Gasteiger partial charge in [0.25, 0.3) is 0 Å². The molecular formula is C24H27Cl2N3S2. The average Bonchev–Trinajstić information content (AvgIpc) is 3.04. The summed E-state index contributed by atoms with van der Waals surface area (Å²) in [6.07, 6.45) is 2.26. The van der Waals surface area contributed by atoms with Crippen molar-refractivity contribution >= 4 is 59.4 Å². The van der Waals surface area contributed by atoms with E-state index in [0.29, 0.717) is 6.04 Å². The Balaban J connectivity index is 0.00000136. The highest BCUT2D eigenvalue weighted by Crippen LogP contribution is 2.44. The van der Waals surface area contributed by atoms with E-state index in [1.807, 2.05) is 23.1 Å². The molecule has 1 aromatic heterocycles. The van der Waals surface area contributed by atoms with Crippen molar-refractivity contribution < 1.29 is 0 Å². The van der Waals surface area contributed by atoms with Gasteiger partial charge in [-0.3, -0.25) is 0 Å². The van der Waals surface area contributed by atoms with Gasteiger partial charge < -0.3 is 10.2 Å². The number of hydrogen-bond acceptors (Lipinski definition) is 5. The third-order valence-electron chi connectivity index (χ3n) is 5.54. The van der Waals surface area contributed by atoms with Gasteiger partial charge in [-0.2, -0.15) is 0 Å². The van der Waals surface area contributed by atoms with Crippen molar-refractivity contribution in [3.63, 3.8) is 0 Å². The SMILES string of the molecule is Cc1cc2c(s1)Sc1ccccc1N=C2N1CCNC(CCc2ccccc2)C1.Cl.Cl. The molecule has 2 aliphatic heterocycles. The topological polar surface area (TPSA) is 27.6 Å². The van der Waals surface area contributed by atoms with E-state index in [2.05, 4.69) is 77.8 Å². The number of fused-ring (bicyclic) bond motifs is 2. The van der Waals surface area contributed by atoms with Crippen LogP contribution < -0.4 is 5.32 Å². The molecule has 1 saturated heterocycles. The number of amidine groups is 1. The van der Waals surface area contributed by atoms with Crippen LogP contribution in [0.5, 0.6) is 0 Å². The summed E-state index contributed by atoms with van der Waals surface area (Å²) in [6, 6.07) is 22.1. The van der Waals surface area contributed by atoms with Gasteiger partial charge in [-0.1, -0.05) is 54.2 Å². The van der Waals surface area contributed by atoms with Crippen molar-refractivity contribution in [2.45, 2.75) is 34.9 Å². The van der Waals surface area contributed by atoms with E-state index in [9.17, 15) is 0 Å². The molecule has 3 heterocycles. The van der Waals surface area contributed by atoms with E-state index in [0.717, 1.165) is 44.0 Å². The predicted molar refractivity (Wildman–Crippen MR) is 138 cm³/mol. The smallest absolute Gasteiger partial charge is 0.138 e. The van der Waals surface area contributed by atoms with Crippen LogP contribution in [0.2, 0.25) is 0 Å². The number of aryl methyl sites for hydroxylation is 2. The zero-order valence-electron chi connectivity index (χ0n) is 17.4. The number of benzene rings is 2. The molecule has 0 radical (unpaired) electrons. The number of hydrogen-bond donors (Lipinski definition) is 1. The number of para-hydroxylation sites is 1. The lowest BCUT2D eigenvalue weighted by Gasteiger charge is -2.36. The molecule has 5 rings (SSSR count). The first-order valence-corrected chi connectivity index (χ1v) is 11.9. The van der Waals surface area contributed by atoms with E-state index in [4.69, 9.17) is 4.99 Å². The molecule has 1 atom stereocenters. The molecule has 7 heteroatoms. The van der Waals surface area contributed by atoms with Crippen molar-refractivity contribution in [2.24, 2.45) is 4.99 Å². The van der Waals surface area contributed by atoms with Crippen molar-refractivity contribution in [2.75, 3.05) is 19.6 Å². The minimum atomic E-state index is 0. The van der Waals surface area contributed by atoms with Gasteiger partial charge in [0.2, 0.25) is 0 Å². The second kappa shape index (κ2) is 10.9. The van der Waals surface area contributed by atoms with Crippen LogP contribution in [0.3, 0.4) is 0 Å². The van der Waals surface area contributed by atoms with Crippen LogP contribution in [0.4, 0.5) is 5.69 Å². The van der Waals surface area contributed by atoms with Crippen LogP contribution in [-0.4, -0.2) is 36.4 Å². The summed E-state index contributed by atoms with van der Waals surface area (Å²) >= 11 is 3.74. The molecule has 2 aliphatic rings. The lowest BCUT2D eigenvalue weighted by Crippen LogP contribution is -2.52. The van der Waals surface area contributed by atoms with Gasteiger partial charge >= 0.3 is 0 Å². The fraction of sp³-hybridized carbons (Fsp3) is 0.292. The zero-order valence-corrected chi connectivity index (χ0v) is 20.7. The van der Waals surface area contributed by atoms with Gasteiger partial charge in [0, 0.05) is 41.0 Å². The number of thiophene rings is 1. The number of aliphatic imine (C=N–C) groups is 1. The summed E-state index contributed by atoms with van der Waals surface area (Å²) in [6.45, 7) is 5.21. The Kier molecular flexibility index (Phi) is 8.48. The predicted octanol–water partition coefficient (Wildman–Crippen LogP) is 6.35. The Morgan fingerprint density at radius 3 is 2.68 bits per heavy atom. The summed E-state index contributed by atoms with van der Waals surface area (Å²) in [4.78, 5) is 10.3. The third kappa shape index (κ3) is 5.47. The quantitative estimate of drug-likeness (QED) is 0.462. The zero-order chi connectivity index (χ0) is 19.6. The van der Waals surface area contributed by atoms with Crippen molar-refractivity contribution in [1.82, 2.24) is 10.2 Å². The normalized spacial score (nSPS) is 17.4. The Bertz CT molecular complexity index is 1040. The van der Waals surface area contributed by atoms with Crippen LogP contribution in [0, 0.1) is 6.92 Å². The van der Waals surface area contributed by atoms with Crippen LogP contribution >= 0.6 is 47.9 Å². The van der Waals surface area contributed by atoms with E-state index in [1.165, 1.54) is 25.1 Å². The fourth-order valence-corrected chi connectivity index (χ4v) is 6.46. The highest BCUT2D eigenvalue weighted by molar-refractivity contribution is 8.01. The highest BCUT2D eigenvalue weighted by Gasteiger charge is 2.27. The lowest BCUT2D eigenvalue weighted by molar-refractivity contribution is 0.282. The van der Waals surface area contributed by atoms with Crippen molar-refractivity contribution in [3.05, 3.63) is 76.7 Å². The third-order valence-corrected chi connectivity index (χ3v) is 7.85. The van der Waals surface area contributed by atoms with Gasteiger partial charge in [-0.15, -0.1) is 36.2 Å². The monoisotopic (exact) mass is 491 g/mol. The number of halogens is 2. The highest BCUT2D eigenvalue weighted by atomic mass is 35.5. The van der Waals surface area contributed by atoms with E-state index in [-0.39, 0.29) is 24.8 Å². The second-order valence-electron chi connectivity index (χ2n) is 7.68. The summed E-state index contributed by atoms with van der Waals surface area (Å²) < 4.78 is 1.37. The molecule has 3 nitrogen and oxygen atoms in total. The first kappa shape index (κ1) is 24.1. The van der Waals surface area contributed by atoms with Crippen molar-refractivity contribution in [3.8, 4) is 0 Å². The molecule has 0 amide bonds. The molecule has 0 bridgehead atoms. The largest absolute Gasteiger partial charge is 0.353 e. The molecule has 1 fully saturated rings. The molecule has 1 unspecified atom stereocenters. The van der Waals surface area contributed by atoms with Crippen LogP contribution in [0.15, 0.2) is 74.8 Å². The van der Waals surface area contributed by atoms with Gasteiger partial charge in [0.05, 0.1) is 9.90 Å². The molecule has 0 saturated carbocycles. The maximum atomic E-state index is 5.17. The van der Waals surface area contributed by atoms with E-state index in [1.54, 1.807) is 0 Å². The Morgan fingerprint density at radius 2 is 1.84 bits per heavy atom. The molecule has 31 heavy (non-hydrogen) atoms. The van der Waals surface area contributed by atoms with Crippen molar-refractivity contribution in [1.29, 1.82) is 0 Å². The van der Waals surface area contributed by atoms with Gasteiger partial charge in [0.15, 0.2) is 0 Å². The van der Waals surface area contributed by atoms with Gasteiger partial charge in [-0.25, -0.2) is 4.99 Å². The van der Waals surface area contributed by atoms with E-state index >= 15 is 0 Å². The standard InChI is InChI=1S/C24H25N3S2.2ClH/c1-17-15-20-23(26-21-9-5-6-10-22(21)29-24(20)28-17)27-14-13-25-19(16-27)12-11-18-7-3-2-4-8-18;;/h2-10,15,19,25H,11-14,16H2,1H3;2*1H. The molecular weight excluding hydrogens is 465 g/mol. The fourth-order valence-electron chi connectivity index (χ4n) is 4.07. The Morgan fingerprint density at radius 1 is 1.06 bits per heavy atom. The molecule has 3 aromatic rings. The number of piperazine rings is 1. The molecule has 0 aliphatic carbocycles. The number of nitrogens with zero attached hydrogens (tertiary/aromatic N) is 2. The van der Waals surface area contributed by atoms with Crippen LogP contribution in [0.25, 0.3) is 0 Å². The maximum Gasteiger partial charge on any atom is 0.138 e. The van der Waals surface area contributed by atoms with Crippen LogP contribution in [0.1, 0.15) is 22.4 Å². The molecule has 2 aromatic carbocycles. The minimum Gasteiger partial charge on any atom is -0.353 e. The summed E-state index contributed by atoms with van der Waals surface area (Å²) in [5, 5.41) is 3.72. The molecule has 164 valence electrons. The maximum absolute atomic E-state index is 5.17. The summed E-state index contributed by atoms with van der Waals surface area (Å²) in [5.74, 6) is 1.15. The molecule has 0 spiro atoms. The van der Waals surface area contributed by atoms with Gasteiger partial charge in [0.1, 0.15) is 5.84 Å². The van der Waals surface area contributed by atoms with Crippen LogP contribution in [-0.2, 0) is 6.42 Å². The number of nitrogens with one attached hydrogen (secondary N) is 1. The lowest BCUT2D eigenvalue weighted by atomic mass is 10.0. The average molecular weight is 493 g/mol. The second-order valence-corrected chi connectivity index (χ2v) is 10.3. The minimum absolute atomic E-state index is 0. The molecule has 1 N–H and O–H groups in total. The Labute approximate surface area is 205 Å². The first-order valence-electron chi connectivity index (χ1n) is 10.2. The number of rotatable bonds is 3.